The van der Waals surface area contributed by atoms with E-state index in [1.165, 1.54) is 0 Å². The third-order valence-electron chi connectivity index (χ3n) is 3.87. The van der Waals surface area contributed by atoms with Gasteiger partial charge in [-0.25, -0.2) is 0 Å². The fourth-order valence-electron chi connectivity index (χ4n) is 2.60. The molecule has 0 saturated heterocycles. The van der Waals surface area contributed by atoms with Gasteiger partial charge >= 0.3 is 0 Å². The molecule has 2 N–H and O–H groups in total. The van der Waals surface area contributed by atoms with Crippen molar-refractivity contribution in [3.63, 3.8) is 0 Å². The highest BCUT2D eigenvalue weighted by atomic mass is 16.2. The molecule has 0 atom stereocenters. The van der Waals surface area contributed by atoms with Gasteiger partial charge < -0.3 is 10.6 Å². The Bertz CT molecular complexity index is 785. The van der Waals surface area contributed by atoms with E-state index in [0.29, 0.717) is 12.8 Å². The summed E-state index contributed by atoms with van der Waals surface area (Å²) < 4.78 is 0. The predicted octanol–water partition coefficient (Wildman–Crippen LogP) is 4.05. The third-order valence-corrected chi connectivity index (χ3v) is 3.87. The Morgan fingerprint density at radius 1 is 0.538 bits per heavy atom. The van der Waals surface area contributed by atoms with E-state index >= 15 is 0 Å². The van der Waals surface area contributed by atoms with Gasteiger partial charge in [-0.05, 0) is 35.4 Å². The maximum Gasteiger partial charge on any atom is 0.228 e. The van der Waals surface area contributed by atoms with Gasteiger partial charge in [-0.15, -0.1) is 0 Å². The molecule has 0 radical (unpaired) electrons. The summed E-state index contributed by atoms with van der Waals surface area (Å²) in [7, 11) is 0. The molecule has 4 heteroatoms. The second-order valence-corrected chi connectivity index (χ2v) is 6.00. The molecule has 0 fully saturated rings. The molecule has 0 aliphatic rings. The van der Waals surface area contributed by atoms with Gasteiger partial charge in [-0.1, -0.05) is 60.7 Å². The second-order valence-electron chi connectivity index (χ2n) is 6.00. The van der Waals surface area contributed by atoms with Gasteiger partial charge in [0.15, 0.2) is 0 Å². The number of benzene rings is 3. The highest BCUT2D eigenvalue weighted by Gasteiger charge is 2.06. The van der Waals surface area contributed by atoms with Crippen molar-refractivity contribution in [2.45, 2.75) is 12.8 Å². The van der Waals surface area contributed by atoms with E-state index < -0.39 is 0 Å². The van der Waals surface area contributed by atoms with E-state index in [0.717, 1.165) is 22.5 Å². The van der Waals surface area contributed by atoms with Crippen LogP contribution < -0.4 is 10.6 Å². The maximum atomic E-state index is 12.1. The molecule has 0 bridgehead atoms. The average Bonchev–Trinajstić information content (AvgIpc) is 2.65. The predicted molar refractivity (Wildman–Crippen MR) is 104 cm³/mol. The van der Waals surface area contributed by atoms with E-state index in [9.17, 15) is 9.59 Å². The van der Waals surface area contributed by atoms with Crippen molar-refractivity contribution in [2.24, 2.45) is 0 Å². The van der Waals surface area contributed by atoms with Crippen molar-refractivity contribution >= 4 is 23.2 Å². The first-order valence-electron chi connectivity index (χ1n) is 8.47. The molecule has 0 saturated carbocycles. The summed E-state index contributed by atoms with van der Waals surface area (Å²) in [6.07, 6.45) is 0.594. The van der Waals surface area contributed by atoms with E-state index in [4.69, 9.17) is 0 Å². The van der Waals surface area contributed by atoms with Crippen molar-refractivity contribution in [2.75, 3.05) is 10.6 Å². The Labute approximate surface area is 152 Å². The topological polar surface area (TPSA) is 58.2 Å². The van der Waals surface area contributed by atoms with Crippen molar-refractivity contribution in [1.82, 2.24) is 0 Å². The molecule has 0 spiro atoms. The second kappa shape index (κ2) is 8.62. The molecule has 3 rings (SSSR count). The number of carbonyl (C=O) groups is 2. The molecule has 0 unspecified atom stereocenters. The first kappa shape index (κ1) is 17.4. The standard InChI is InChI=1S/C22H20N2O2/c25-21(23-19-7-3-1-4-8-19)15-17-11-13-18(14-12-17)16-22(26)24-20-9-5-2-6-10-20/h1-14H,15-16H2,(H,23,25)(H,24,26). The van der Waals surface area contributed by atoms with Crippen LogP contribution in [-0.2, 0) is 22.4 Å². The number of hydrogen-bond acceptors (Lipinski definition) is 2. The Balaban J connectivity index is 1.51. The van der Waals surface area contributed by atoms with Crippen LogP contribution in [0.2, 0.25) is 0 Å². The van der Waals surface area contributed by atoms with Crippen LogP contribution in [0.15, 0.2) is 84.9 Å². The zero-order chi connectivity index (χ0) is 18.2. The minimum absolute atomic E-state index is 0.0641. The molecule has 2 amide bonds. The molecule has 3 aromatic rings. The highest BCUT2D eigenvalue weighted by Crippen LogP contribution is 2.11. The summed E-state index contributed by atoms with van der Waals surface area (Å²) in [5.74, 6) is -0.128. The number of hydrogen-bond donors (Lipinski definition) is 2. The lowest BCUT2D eigenvalue weighted by molar-refractivity contribution is -0.116. The lowest BCUT2D eigenvalue weighted by atomic mass is 10.1. The van der Waals surface area contributed by atoms with Crippen molar-refractivity contribution < 1.29 is 9.59 Å². The average molecular weight is 344 g/mol. The quantitative estimate of drug-likeness (QED) is 0.709. The summed E-state index contributed by atoms with van der Waals surface area (Å²) in [6.45, 7) is 0. The lowest BCUT2D eigenvalue weighted by Crippen LogP contribution is -2.15. The van der Waals surface area contributed by atoms with E-state index in [1.807, 2.05) is 84.9 Å². The third kappa shape index (κ3) is 5.31. The molecular formula is C22H20N2O2. The number of amides is 2. The number of rotatable bonds is 6. The highest BCUT2D eigenvalue weighted by molar-refractivity contribution is 5.93. The summed E-state index contributed by atoms with van der Waals surface area (Å²) in [6, 6.07) is 26.3. The summed E-state index contributed by atoms with van der Waals surface area (Å²) >= 11 is 0. The minimum Gasteiger partial charge on any atom is -0.326 e. The normalized spacial score (nSPS) is 10.2. The van der Waals surface area contributed by atoms with Gasteiger partial charge in [0.25, 0.3) is 0 Å². The fourth-order valence-corrected chi connectivity index (χ4v) is 2.60. The van der Waals surface area contributed by atoms with Crippen LogP contribution in [0, 0.1) is 0 Å². The van der Waals surface area contributed by atoms with Crippen LogP contribution >= 0.6 is 0 Å². The smallest absolute Gasteiger partial charge is 0.228 e. The van der Waals surface area contributed by atoms with E-state index in [1.54, 1.807) is 0 Å². The van der Waals surface area contributed by atoms with Gasteiger partial charge in [0.1, 0.15) is 0 Å². The molecular weight excluding hydrogens is 324 g/mol. The zero-order valence-corrected chi connectivity index (χ0v) is 14.3. The molecule has 0 heterocycles. The van der Waals surface area contributed by atoms with Crippen LogP contribution in [0.4, 0.5) is 11.4 Å². The largest absolute Gasteiger partial charge is 0.326 e. The molecule has 0 aromatic heterocycles. The Morgan fingerprint density at radius 3 is 1.23 bits per heavy atom. The molecule has 0 aliphatic carbocycles. The number of nitrogens with one attached hydrogen (secondary N) is 2. The summed E-state index contributed by atoms with van der Waals surface area (Å²) in [5.41, 5.74) is 3.38. The van der Waals surface area contributed by atoms with E-state index in [-0.39, 0.29) is 11.8 Å². The molecule has 0 aliphatic heterocycles. The van der Waals surface area contributed by atoms with Crippen LogP contribution in [0.1, 0.15) is 11.1 Å². The van der Waals surface area contributed by atoms with Crippen LogP contribution in [0.25, 0.3) is 0 Å². The molecule has 26 heavy (non-hydrogen) atoms. The van der Waals surface area contributed by atoms with Crippen molar-refractivity contribution in [1.29, 1.82) is 0 Å². The van der Waals surface area contributed by atoms with Crippen molar-refractivity contribution in [3.05, 3.63) is 96.1 Å². The Hall–Kier alpha value is -3.40. The first-order valence-corrected chi connectivity index (χ1v) is 8.47. The van der Waals surface area contributed by atoms with Crippen LogP contribution in [0.3, 0.4) is 0 Å². The number of carbonyl (C=O) groups excluding carboxylic acids is 2. The summed E-state index contributed by atoms with van der Waals surface area (Å²) in [5, 5.41) is 5.72. The Morgan fingerprint density at radius 2 is 0.885 bits per heavy atom. The maximum absolute atomic E-state index is 12.1. The molecule has 3 aromatic carbocycles. The van der Waals surface area contributed by atoms with Gasteiger partial charge in [-0.3, -0.25) is 9.59 Å². The van der Waals surface area contributed by atoms with Gasteiger partial charge in [-0.2, -0.15) is 0 Å². The molecule has 130 valence electrons. The van der Waals surface area contributed by atoms with E-state index in [2.05, 4.69) is 10.6 Å². The zero-order valence-electron chi connectivity index (χ0n) is 14.3. The fraction of sp³-hybridized carbons (Fsp3) is 0.0909. The minimum atomic E-state index is -0.0641. The van der Waals surface area contributed by atoms with Crippen molar-refractivity contribution in [3.8, 4) is 0 Å². The van der Waals surface area contributed by atoms with Crippen LogP contribution in [-0.4, -0.2) is 11.8 Å². The molecule has 4 nitrogen and oxygen atoms in total. The lowest BCUT2D eigenvalue weighted by Gasteiger charge is -2.07. The SMILES string of the molecule is O=C(Cc1ccc(CC(=O)Nc2ccccc2)cc1)Nc1ccccc1. The van der Waals surface area contributed by atoms with Gasteiger partial charge in [0, 0.05) is 11.4 Å². The monoisotopic (exact) mass is 344 g/mol. The van der Waals surface area contributed by atoms with Crippen LogP contribution in [0.5, 0.6) is 0 Å². The van der Waals surface area contributed by atoms with Gasteiger partial charge in [0.2, 0.25) is 11.8 Å². The number of para-hydroxylation sites is 2. The number of anilines is 2. The summed E-state index contributed by atoms with van der Waals surface area (Å²) in [4.78, 5) is 24.1. The first-order chi connectivity index (χ1) is 12.7. The van der Waals surface area contributed by atoms with Gasteiger partial charge in [0.05, 0.1) is 12.8 Å². The Kier molecular flexibility index (Phi) is 5.78.